The van der Waals surface area contributed by atoms with E-state index < -0.39 is 0 Å². The Kier molecular flexibility index (Phi) is 5.50. The lowest BCUT2D eigenvalue weighted by molar-refractivity contribution is 0.570. The topological polar surface area (TPSA) is 15.3 Å². The van der Waals surface area contributed by atoms with Gasteiger partial charge in [0.15, 0.2) is 0 Å². The summed E-state index contributed by atoms with van der Waals surface area (Å²) in [7, 11) is 0. The highest BCUT2D eigenvalue weighted by molar-refractivity contribution is 9.10. The minimum atomic E-state index is 0.412. The first-order valence-electron chi connectivity index (χ1n) is 7.82. The smallest absolute Gasteiger partial charge is 0.0513 e. The fourth-order valence-electron chi connectivity index (χ4n) is 3.14. The molecule has 20 heavy (non-hydrogen) atoms. The number of benzene rings is 1. The molecule has 2 nitrogen and oxygen atoms in total. The van der Waals surface area contributed by atoms with Crippen LogP contribution in [0, 0.1) is 5.92 Å². The van der Waals surface area contributed by atoms with Gasteiger partial charge in [0.25, 0.3) is 0 Å². The van der Waals surface area contributed by atoms with E-state index in [9.17, 15) is 0 Å². The van der Waals surface area contributed by atoms with Crippen molar-refractivity contribution in [3.05, 3.63) is 28.2 Å². The molecule has 1 aromatic rings. The van der Waals surface area contributed by atoms with E-state index in [1.54, 1.807) is 0 Å². The second-order valence-corrected chi connectivity index (χ2v) is 7.08. The van der Waals surface area contributed by atoms with Crippen LogP contribution in [0.15, 0.2) is 22.7 Å². The lowest BCUT2D eigenvalue weighted by Gasteiger charge is -2.26. The molecule has 3 atom stereocenters. The molecular weight excluding hydrogens is 312 g/mol. The molecule has 1 aromatic carbocycles. The normalized spacial score (nSPS) is 24.1. The second kappa shape index (κ2) is 6.95. The lowest BCUT2D eigenvalue weighted by Crippen LogP contribution is -2.27. The maximum Gasteiger partial charge on any atom is 0.0513 e. The van der Waals surface area contributed by atoms with Crippen LogP contribution in [0.3, 0.4) is 0 Å². The molecule has 0 bridgehead atoms. The zero-order valence-corrected chi connectivity index (χ0v) is 14.7. The van der Waals surface area contributed by atoms with E-state index in [1.807, 2.05) is 0 Å². The van der Waals surface area contributed by atoms with Gasteiger partial charge in [0, 0.05) is 23.1 Å². The fraction of sp³-hybridized carbons (Fsp3) is 0.647. The van der Waals surface area contributed by atoms with Crippen LogP contribution >= 0.6 is 15.9 Å². The van der Waals surface area contributed by atoms with Crippen molar-refractivity contribution in [1.82, 2.24) is 5.32 Å². The molecule has 0 aliphatic carbocycles. The molecule has 1 N–H and O–H groups in total. The third-order valence-electron chi connectivity index (χ3n) is 4.27. The molecule has 1 fully saturated rings. The van der Waals surface area contributed by atoms with Crippen LogP contribution < -0.4 is 10.2 Å². The number of nitrogens with one attached hydrogen (secondary N) is 1. The van der Waals surface area contributed by atoms with Gasteiger partial charge in [0.2, 0.25) is 0 Å². The number of hydrogen-bond donors (Lipinski definition) is 1. The van der Waals surface area contributed by atoms with Crippen LogP contribution in [0.5, 0.6) is 0 Å². The van der Waals surface area contributed by atoms with Crippen LogP contribution in [0.4, 0.5) is 5.69 Å². The zero-order valence-electron chi connectivity index (χ0n) is 13.1. The van der Waals surface area contributed by atoms with E-state index in [-0.39, 0.29) is 0 Å². The van der Waals surface area contributed by atoms with Gasteiger partial charge in [-0.3, -0.25) is 0 Å². The molecule has 0 amide bonds. The molecule has 3 unspecified atom stereocenters. The van der Waals surface area contributed by atoms with Crippen LogP contribution in [0.25, 0.3) is 0 Å². The molecular formula is C17H27BrN2. The Labute approximate surface area is 132 Å². The van der Waals surface area contributed by atoms with E-state index >= 15 is 0 Å². The number of anilines is 1. The van der Waals surface area contributed by atoms with Crippen molar-refractivity contribution >= 4 is 21.6 Å². The van der Waals surface area contributed by atoms with E-state index in [4.69, 9.17) is 0 Å². The summed E-state index contributed by atoms with van der Waals surface area (Å²) in [6.07, 6.45) is 2.47. The van der Waals surface area contributed by atoms with E-state index in [0.717, 1.165) is 12.5 Å². The average Bonchev–Trinajstić information content (AvgIpc) is 2.74. The first-order chi connectivity index (χ1) is 9.52. The molecule has 1 saturated heterocycles. The summed E-state index contributed by atoms with van der Waals surface area (Å²) < 4.78 is 1.22. The summed E-state index contributed by atoms with van der Waals surface area (Å²) in [5, 5.41) is 3.55. The maximum atomic E-state index is 3.77. The number of halogens is 1. The van der Waals surface area contributed by atoms with Gasteiger partial charge in [-0.2, -0.15) is 0 Å². The Bertz CT molecular complexity index is 447. The predicted octanol–water partition coefficient (Wildman–Crippen LogP) is 4.74. The van der Waals surface area contributed by atoms with Crippen molar-refractivity contribution in [1.29, 1.82) is 0 Å². The summed E-state index contributed by atoms with van der Waals surface area (Å²) in [5.74, 6) is 0.793. The monoisotopic (exact) mass is 338 g/mol. The van der Waals surface area contributed by atoms with Gasteiger partial charge in [-0.05, 0) is 72.8 Å². The molecule has 112 valence electrons. The summed E-state index contributed by atoms with van der Waals surface area (Å²) in [4.78, 5) is 2.53. The van der Waals surface area contributed by atoms with Gasteiger partial charge >= 0.3 is 0 Å². The Hall–Kier alpha value is -0.540. The minimum absolute atomic E-state index is 0.412. The molecule has 0 aromatic heterocycles. The molecule has 2 rings (SSSR count). The van der Waals surface area contributed by atoms with Crippen molar-refractivity contribution in [3.63, 3.8) is 0 Å². The summed E-state index contributed by atoms with van der Waals surface area (Å²) in [5.41, 5.74) is 2.70. The summed E-state index contributed by atoms with van der Waals surface area (Å²) in [6.45, 7) is 11.3. The Morgan fingerprint density at radius 2 is 2.15 bits per heavy atom. The average molecular weight is 339 g/mol. The van der Waals surface area contributed by atoms with E-state index in [0.29, 0.717) is 12.1 Å². The molecule has 1 heterocycles. The minimum Gasteiger partial charge on any atom is -0.368 e. The van der Waals surface area contributed by atoms with Crippen molar-refractivity contribution < 1.29 is 0 Å². The van der Waals surface area contributed by atoms with Crippen LogP contribution in [-0.2, 0) is 0 Å². The molecule has 0 spiro atoms. The molecule has 1 aliphatic rings. The van der Waals surface area contributed by atoms with Gasteiger partial charge in [0.05, 0.1) is 5.69 Å². The fourth-order valence-corrected chi connectivity index (χ4v) is 3.76. The number of hydrogen-bond acceptors (Lipinski definition) is 2. The predicted molar refractivity (Wildman–Crippen MR) is 91.4 cm³/mol. The third kappa shape index (κ3) is 3.56. The lowest BCUT2D eigenvalue weighted by atomic mass is 10.1. The van der Waals surface area contributed by atoms with Crippen molar-refractivity contribution in [2.45, 2.75) is 52.6 Å². The van der Waals surface area contributed by atoms with Crippen LogP contribution in [0.1, 0.15) is 52.1 Å². The van der Waals surface area contributed by atoms with Gasteiger partial charge in [-0.15, -0.1) is 0 Å². The summed E-state index contributed by atoms with van der Waals surface area (Å²) in [6, 6.07) is 7.87. The van der Waals surface area contributed by atoms with Crippen molar-refractivity contribution in [3.8, 4) is 0 Å². The third-order valence-corrected chi connectivity index (χ3v) is 4.90. The first kappa shape index (κ1) is 15.8. The van der Waals surface area contributed by atoms with Gasteiger partial charge in [-0.1, -0.05) is 19.9 Å². The van der Waals surface area contributed by atoms with Crippen molar-refractivity contribution in [2.75, 3.05) is 18.0 Å². The zero-order chi connectivity index (χ0) is 14.7. The Balaban J connectivity index is 2.13. The Morgan fingerprint density at radius 1 is 1.40 bits per heavy atom. The van der Waals surface area contributed by atoms with Gasteiger partial charge < -0.3 is 10.2 Å². The SMILES string of the molecule is CCCNC(C)c1ccc(N2CC(C)CC2C)c(Br)c1. The quantitative estimate of drug-likeness (QED) is 0.833. The molecule has 3 heteroatoms. The first-order valence-corrected chi connectivity index (χ1v) is 8.61. The van der Waals surface area contributed by atoms with Gasteiger partial charge in [0.1, 0.15) is 0 Å². The largest absolute Gasteiger partial charge is 0.368 e. The van der Waals surface area contributed by atoms with Crippen LogP contribution in [-0.4, -0.2) is 19.1 Å². The van der Waals surface area contributed by atoms with Gasteiger partial charge in [-0.25, -0.2) is 0 Å². The molecule has 0 radical (unpaired) electrons. The number of rotatable bonds is 5. The van der Waals surface area contributed by atoms with E-state index in [1.165, 1.54) is 35.1 Å². The highest BCUT2D eigenvalue weighted by Crippen LogP contribution is 2.35. The Morgan fingerprint density at radius 3 is 2.70 bits per heavy atom. The molecule has 0 saturated carbocycles. The summed E-state index contributed by atoms with van der Waals surface area (Å²) >= 11 is 3.77. The standard InChI is InChI=1S/C17H27BrN2/c1-5-8-19-14(4)15-6-7-17(16(18)10-15)20-11-12(2)9-13(20)3/h6-7,10,12-14,19H,5,8-9,11H2,1-4H3. The van der Waals surface area contributed by atoms with E-state index in [2.05, 4.69) is 72.0 Å². The highest BCUT2D eigenvalue weighted by atomic mass is 79.9. The number of nitrogens with zero attached hydrogens (tertiary/aromatic N) is 1. The van der Waals surface area contributed by atoms with Crippen molar-refractivity contribution in [2.24, 2.45) is 5.92 Å². The second-order valence-electron chi connectivity index (χ2n) is 6.23. The van der Waals surface area contributed by atoms with Crippen LogP contribution in [0.2, 0.25) is 0 Å². The maximum absolute atomic E-state index is 3.77. The molecule has 1 aliphatic heterocycles. The highest BCUT2D eigenvalue weighted by Gasteiger charge is 2.27.